The summed E-state index contributed by atoms with van der Waals surface area (Å²) in [5.74, 6) is 1.39. The second kappa shape index (κ2) is 4.07. The van der Waals surface area contributed by atoms with E-state index in [0.29, 0.717) is 22.1 Å². The van der Waals surface area contributed by atoms with E-state index in [4.69, 9.17) is 11.6 Å². The molecule has 18 heavy (non-hydrogen) atoms. The molecule has 0 spiro atoms. The fourth-order valence-corrected chi connectivity index (χ4v) is 2.19. The maximum Gasteiger partial charge on any atom is 0.183 e. The zero-order valence-corrected chi connectivity index (χ0v) is 10.8. The summed E-state index contributed by atoms with van der Waals surface area (Å²) >= 11 is 6.08. The summed E-state index contributed by atoms with van der Waals surface area (Å²) in [5.41, 5.74) is 3.48. The molecule has 2 heterocycles. The Morgan fingerprint density at radius 1 is 1.06 bits per heavy atom. The highest BCUT2D eigenvalue weighted by atomic mass is 35.5. The van der Waals surface area contributed by atoms with Crippen LogP contribution in [0.3, 0.4) is 0 Å². The van der Waals surface area contributed by atoms with Crippen LogP contribution in [-0.4, -0.2) is 19.9 Å². The van der Waals surface area contributed by atoms with Crippen molar-refractivity contribution in [1.82, 2.24) is 19.9 Å². The first-order chi connectivity index (χ1) is 8.65. The second-order valence-corrected chi connectivity index (χ2v) is 4.52. The summed E-state index contributed by atoms with van der Waals surface area (Å²) in [6.07, 6.45) is 0. The van der Waals surface area contributed by atoms with Crippen molar-refractivity contribution in [2.24, 2.45) is 0 Å². The zero-order valence-electron chi connectivity index (χ0n) is 10.0. The van der Waals surface area contributed by atoms with Gasteiger partial charge in [0.05, 0.1) is 0 Å². The molecule has 0 saturated heterocycles. The molecule has 0 fully saturated rings. The van der Waals surface area contributed by atoms with Crippen molar-refractivity contribution in [2.45, 2.75) is 13.8 Å². The Hall–Kier alpha value is -1.94. The standard InChI is InChI=1S/C13H11ClN4/c1-7-5-3-4-6-9(7)12-17-10-11(14)15-8(2)16-13(10)18-12/h3-6H,1-2H3,(H,15,16,17,18). The van der Waals surface area contributed by atoms with Gasteiger partial charge in [0.15, 0.2) is 10.8 Å². The van der Waals surface area contributed by atoms with E-state index in [9.17, 15) is 0 Å². The Kier molecular flexibility index (Phi) is 2.52. The Balaban J connectivity index is 2.26. The van der Waals surface area contributed by atoms with E-state index in [-0.39, 0.29) is 0 Å². The molecule has 0 aliphatic heterocycles. The molecule has 0 atom stereocenters. The van der Waals surface area contributed by atoms with Gasteiger partial charge in [-0.25, -0.2) is 15.0 Å². The van der Waals surface area contributed by atoms with Gasteiger partial charge in [-0.2, -0.15) is 0 Å². The number of halogens is 1. The molecule has 0 aliphatic carbocycles. The summed E-state index contributed by atoms with van der Waals surface area (Å²) < 4.78 is 0. The summed E-state index contributed by atoms with van der Waals surface area (Å²) in [6, 6.07) is 8.04. The van der Waals surface area contributed by atoms with E-state index in [2.05, 4.69) is 19.9 Å². The molecule has 2 aromatic heterocycles. The molecule has 0 bridgehead atoms. The van der Waals surface area contributed by atoms with E-state index < -0.39 is 0 Å². The summed E-state index contributed by atoms with van der Waals surface area (Å²) in [7, 11) is 0. The number of nitrogens with zero attached hydrogens (tertiary/aromatic N) is 3. The number of rotatable bonds is 1. The van der Waals surface area contributed by atoms with Crippen LogP contribution >= 0.6 is 11.6 Å². The first kappa shape index (κ1) is 11.2. The maximum atomic E-state index is 6.08. The third kappa shape index (κ3) is 1.75. The quantitative estimate of drug-likeness (QED) is 0.682. The van der Waals surface area contributed by atoms with Gasteiger partial charge in [-0.05, 0) is 19.4 Å². The molecule has 0 radical (unpaired) electrons. The average Bonchev–Trinajstić information content (AvgIpc) is 2.73. The van der Waals surface area contributed by atoms with Crippen molar-refractivity contribution in [1.29, 1.82) is 0 Å². The molecule has 1 aromatic carbocycles. The van der Waals surface area contributed by atoms with Crippen LogP contribution in [0.5, 0.6) is 0 Å². The molecule has 0 saturated carbocycles. The van der Waals surface area contributed by atoms with Crippen LogP contribution in [0.4, 0.5) is 0 Å². The number of hydrogen-bond donors (Lipinski definition) is 1. The van der Waals surface area contributed by atoms with Gasteiger partial charge in [0.1, 0.15) is 17.2 Å². The minimum absolute atomic E-state index is 0.407. The van der Waals surface area contributed by atoms with Gasteiger partial charge in [0.25, 0.3) is 0 Å². The molecule has 4 nitrogen and oxygen atoms in total. The van der Waals surface area contributed by atoms with E-state index in [1.807, 2.05) is 31.2 Å². The number of fused-ring (bicyclic) bond motifs is 1. The Morgan fingerprint density at radius 2 is 1.83 bits per heavy atom. The Bertz CT molecular complexity index is 733. The van der Waals surface area contributed by atoms with Crippen molar-refractivity contribution >= 4 is 22.8 Å². The Labute approximate surface area is 109 Å². The van der Waals surface area contributed by atoms with Crippen LogP contribution < -0.4 is 0 Å². The van der Waals surface area contributed by atoms with E-state index >= 15 is 0 Å². The third-order valence-electron chi connectivity index (χ3n) is 2.82. The van der Waals surface area contributed by atoms with E-state index in [1.54, 1.807) is 6.92 Å². The van der Waals surface area contributed by atoms with Crippen molar-refractivity contribution in [2.75, 3.05) is 0 Å². The van der Waals surface area contributed by atoms with Gasteiger partial charge < -0.3 is 4.98 Å². The van der Waals surface area contributed by atoms with E-state index in [1.165, 1.54) is 0 Å². The number of H-pyrrole nitrogens is 1. The highest BCUT2D eigenvalue weighted by Gasteiger charge is 2.11. The van der Waals surface area contributed by atoms with Crippen LogP contribution in [0.2, 0.25) is 5.15 Å². The summed E-state index contributed by atoms with van der Waals surface area (Å²) in [5, 5.41) is 0.407. The average molecular weight is 259 g/mol. The second-order valence-electron chi connectivity index (χ2n) is 4.16. The topological polar surface area (TPSA) is 54.5 Å². The lowest BCUT2D eigenvalue weighted by atomic mass is 10.1. The van der Waals surface area contributed by atoms with Crippen molar-refractivity contribution in [3.63, 3.8) is 0 Å². The van der Waals surface area contributed by atoms with Crippen LogP contribution in [-0.2, 0) is 0 Å². The molecule has 5 heteroatoms. The minimum Gasteiger partial charge on any atom is -0.334 e. The summed E-state index contributed by atoms with van der Waals surface area (Å²) in [4.78, 5) is 16.0. The highest BCUT2D eigenvalue weighted by molar-refractivity contribution is 6.33. The van der Waals surface area contributed by atoms with E-state index in [0.717, 1.165) is 17.0 Å². The lowest BCUT2D eigenvalue weighted by Gasteiger charge is -2.00. The SMILES string of the molecule is Cc1nc(Cl)c2[nH]c(-c3ccccc3C)nc2n1. The van der Waals surface area contributed by atoms with Gasteiger partial charge >= 0.3 is 0 Å². The molecule has 0 unspecified atom stereocenters. The van der Waals surface area contributed by atoms with Crippen LogP contribution in [0.1, 0.15) is 11.4 Å². The largest absolute Gasteiger partial charge is 0.334 e. The van der Waals surface area contributed by atoms with Gasteiger partial charge in [0, 0.05) is 5.56 Å². The first-order valence-corrected chi connectivity index (χ1v) is 5.99. The fourth-order valence-electron chi connectivity index (χ4n) is 1.93. The fraction of sp³-hybridized carbons (Fsp3) is 0.154. The zero-order chi connectivity index (χ0) is 12.7. The smallest absolute Gasteiger partial charge is 0.183 e. The Morgan fingerprint density at radius 3 is 2.61 bits per heavy atom. The molecular formula is C13H11ClN4. The third-order valence-corrected chi connectivity index (χ3v) is 3.09. The molecular weight excluding hydrogens is 248 g/mol. The van der Waals surface area contributed by atoms with Crippen LogP contribution in [0.25, 0.3) is 22.6 Å². The van der Waals surface area contributed by atoms with Crippen molar-refractivity contribution < 1.29 is 0 Å². The lowest BCUT2D eigenvalue weighted by molar-refractivity contribution is 1.08. The predicted molar refractivity (Wildman–Crippen MR) is 71.6 cm³/mol. The number of hydrogen-bond acceptors (Lipinski definition) is 3. The molecule has 1 N–H and O–H groups in total. The molecule has 90 valence electrons. The predicted octanol–water partition coefficient (Wildman–Crippen LogP) is 3.29. The van der Waals surface area contributed by atoms with Crippen molar-refractivity contribution in [3.8, 4) is 11.4 Å². The van der Waals surface area contributed by atoms with Crippen molar-refractivity contribution in [3.05, 3.63) is 40.8 Å². The van der Waals surface area contributed by atoms with Gasteiger partial charge in [-0.1, -0.05) is 35.9 Å². The maximum absolute atomic E-state index is 6.08. The molecule has 0 aliphatic rings. The highest BCUT2D eigenvalue weighted by Crippen LogP contribution is 2.25. The van der Waals surface area contributed by atoms with Gasteiger partial charge in [-0.15, -0.1) is 0 Å². The summed E-state index contributed by atoms with van der Waals surface area (Å²) in [6.45, 7) is 3.84. The normalized spacial score (nSPS) is 11.1. The number of imidazole rings is 1. The first-order valence-electron chi connectivity index (χ1n) is 5.61. The number of nitrogens with one attached hydrogen (secondary N) is 1. The van der Waals surface area contributed by atoms with Gasteiger partial charge in [-0.3, -0.25) is 0 Å². The minimum atomic E-state index is 0.407. The number of aromatic amines is 1. The van der Waals surface area contributed by atoms with Gasteiger partial charge in [0.2, 0.25) is 0 Å². The lowest BCUT2D eigenvalue weighted by Crippen LogP contribution is -1.88. The van der Waals surface area contributed by atoms with Crippen LogP contribution in [0, 0.1) is 13.8 Å². The number of aryl methyl sites for hydroxylation is 2. The van der Waals surface area contributed by atoms with Crippen LogP contribution in [0.15, 0.2) is 24.3 Å². The number of benzene rings is 1. The monoisotopic (exact) mass is 258 g/mol. The number of aromatic nitrogens is 4. The molecule has 3 aromatic rings. The molecule has 0 amide bonds. The molecule has 3 rings (SSSR count).